The van der Waals surface area contributed by atoms with Crippen LogP contribution in [0.3, 0.4) is 0 Å². The number of aromatic nitrogens is 4. The van der Waals surface area contributed by atoms with E-state index in [9.17, 15) is 0 Å². The van der Waals surface area contributed by atoms with Gasteiger partial charge in [-0.3, -0.25) is 4.98 Å². The number of rotatable bonds is 8. The molecule has 190 valence electrons. The Morgan fingerprint density at radius 2 is 1.71 bits per heavy atom. The molecule has 3 aromatic heterocycles. The molecule has 6 rings (SSSR count). The molecule has 0 saturated carbocycles. The Hall–Kier alpha value is -3.97. The van der Waals surface area contributed by atoms with Gasteiger partial charge in [0.25, 0.3) is 0 Å². The van der Waals surface area contributed by atoms with Crippen LogP contribution >= 0.6 is 0 Å². The number of nitrogens with zero attached hydrogens (tertiary/aromatic N) is 5. The molecule has 7 heteroatoms. The second kappa shape index (κ2) is 11.2. The molecule has 5 aromatic rings. The van der Waals surface area contributed by atoms with Crippen LogP contribution in [-0.4, -0.2) is 52.0 Å². The van der Waals surface area contributed by atoms with Crippen LogP contribution in [0, 0.1) is 0 Å². The van der Waals surface area contributed by atoms with Crippen LogP contribution in [0.2, 0.25) is 0 Å². The van der Waals surface area contributed by atoms with Crippen molar-refractivity contribution in [3.8, 4) is 0 Å². The minimum atomic E-state index is 0.348. The van der Waals surface area contributed by atoms with Crippen LogP contribution in [-0.2, 0) is 6.54 Å². The summed E-state index contributed by atoms with van der Waals surface area (Å²) in [6.45, 7) is 3.82. The number of hydrogen-bond acceptors (Lipinski definition) is 5. The Morgan fingerprint density at radius 3 is 2.42 bits per heavy atom. The van der Waals surface area contributed by atoms with E-state index in [0.29, 0.717) is 18.4 Å². The van der Waals surface area contributed by atoms with Crippen molar-refractivity contribution >= 4 is 24.8 Å². The number of nitrogens with one attached hydrogen (secondary N) is 1. The van der Waals surface area contributed by atoms with Gasteiger partial charge in [-0.1, -0.05) is 66.7 Å². The first-order chi connectivity index (χ1) is 18.7. The van der Waals surface area contributed by atoms with Gasteiger partial charge in [-0.05, 0) is 47.6 Å². The highest BCUT2D eigenvalue weighted by atomic mass is 15.3. The van der Waals surface area contributed by atoms with E-state index in [1.54, 1.807) is 6.20 Å². The largest absolute Gasteiger partial charge is 0.366 e. The summed E-state index contributed by atoms with van der Waals surface area (Å²) >= 11 is 0. The van der Waals surface area contributed by atoms with Gasteiger partial charge in [0.1, 0.15) is 13.7 Å². The van der Waals surface area contributed by atoms with E-state index < -0.39 is 0 Å². The van der Waals surface area contributed by atoms with Crippen molar-refractivity contribution in [3.05, 3.63) is 120 Å². The number of piperidine rings is 1. The monoisotopic (exact) mass is 500 g/mol. The molecule has 1 aliphatic heterocycles. The molecule has 38 heavy (non-hydrogen) atoms. The fourth-order valence-corrected chi connectivity index (χ4v) is 5.62. The summed E-state index contributed by atoms with van der Waals surface area (Å²) in [7, 11) is 2.08. The second-order valence-electron chi connectivity index (χ2n) is 10.3. The second-order valence-corrected chi connectivity index (χ2v) is 10.3. The Balaban J connectivity index is 1.25. The lowest BCUT2D eigenvalue weighted by Gasteiger charge is -2.35. The van der Waals surface area contributed by atoms with Crippen LogP contribution in [0.5, 0.6) is 0 Å². The van der Waals surface area contributed by atoms with Crippen molar-refractivity contribution in [2.75, 3.05) is 25.0 Å². The molecule has 1 fully saturated rings. The van der Waals surface area contributed by atoms with Gasteiger partial charge in [0, 0.05) is 56.1 Å². The summed E-state index contributed by atoms with van der Waals surface area (Å²) in [5.41, 5.74) is 7.06. The molecule has 0 spiro atoms. The molecule has 6 nitrogen and oxygen atoms in total. The van der Waals surface area contributed by atoms with Crippen molar-refractivity contribution in [1.29, 1.82) is 0 Å². The number of hydrogen-bond donors (Lipinski definition) is 1. The molecular weight excluding hydrogens is 467 g/mol. The molecule has 0 aliphatic carbocycles. The molecule has 4 heterocycles. The zero-order valence-corrected chi connectivity index (χ0v) is 21.9. The average Bonchev–Trinajstić information content (AvgIpc) is 3.37. The third-order valence-electron chi connectivity index (χ3n) is 7.63. The van der Waals surface area contributed by atoms with E-state index >= 15 is 0 Å². The van der Waals surface area contributed by atoms with Crippen molar-refractivity contribution < 1.29 is 0 Å². The smallest absolute Gasteiger partial charge is 0.151 e. The summed E-state index contributed by atoms with van der Waals surface area (Å²) in [6.07, 6.45) is 7.92. The third kappa shape index (κ3) is 5.34. The Labute approximate surface area is 225 Å². The highest BCUT2D eigenvalue weighted by Gasteiger charge is 2.27. The molecule has 0 amide bonds. The van der Waals surface area contributed by atoms with Crippen LogP contribution < -0.4 is 10.8 Å². The Morgan fingerprint density at radius 1 is 0.947 bits per heavy atom. The molecule has 0 radical (unpaired) electrons. The SMILES string of the molecule is Bc1cnn2c(NCc3cccnc3)cc(C3CCCN(CC(c4ccccc4)c4ccccc4)C3)nc12. The molecule has 1 unspecified atom stereocenters. The molecule has 1 aliphatic rings. The summed E-state index contributed by atoms with van der Waals surface area (Å²) < 4.78 is 1.93. The average molecular weight is 500 g/mol. The molecule has 0 bridgehead atoms. The topological polar surface area (TPSA) is 58.4 Å². The molecule has 1 atom stereocenters. The van der Waals surface area contributed by atoms with E-state index in [2.05, 4.69) is 101 Å². The third-order valence-corrected chi connectivity index (χ3v) is 7.63. The van der Waals surface area contributed by atoms with E-state index in [1.165, 1.54) is 17.5 Å². The van der Waals surface area contributed by atoms with Gasteiger partial charge >= 0.3 is 0 Å². The minimum absolute atomic E-state index is 0.348. The zero-order valence-electron chi connectivity index (χ0n) is 21.9. The Bertz CT molecular complexity index is 1430. The van der Waals surface area contributed by atoms with Gasteiger partial charge in [0.15, 0.2) is 5.65 Å². The summed E-state index contributed by atoms with van der Waals surface area (Å²) in [4.78, 5) is 12.0. The summed E-state index contributed by atoms with van der Waals surface area (Å²) in [5.74, 6) is 1.71. The van der Waals surface area contributed by atoms with Crippen molar-refractivity contribution in [3.63, 3.8) is 0 Å². The number of pyridine rings is 1. The van der Waals surface area contributed by atoms with Crippen molar-refractivity contribution in [2.45, 2.75) is 31.2 Å². The van der Waals surface area contributed by atoms with Crippen molar-refractivity contribution in [2.24, 2.45) is 0 Å². The predicted molar refractivity (Wildman–Crippen MR) is 156 cm³/mol. The maximum atomic E-state index is 5.13. The maximum absolute atomic E-state index is 5.13. The van der Waals surface area contributed by atoms with Gasteiger partial charge in [-0.25, -0.2) is 4.98 Å². The van der Waals surface area contributed by atoms with Crippen LogP contribution in [0.25, 0.3) is 5.65 Å². The van der Waals surface area contributed by atoms with E-state index in [4.69, 9.17) is 4.98 Å². The van der Waals surface area contributed by atoms with E-state index in [1.807, 2.05) is 23.0 Å². The van der Waals surface area contributed by atoms with E-state index in [0.717, 1.165) is 54.2 Å². The fourth-order valence-electron chi connectivity index (χ4n) is 5.62. The highest BCUT2D eigenvalue weighted by Crippen LogP contribution is 2.31. The normalized spacial score (nSPS) is 16.2. The highest BCUT2D eigenvalue weighted by molar-refractivity contribution is 6.36. The van der Waals surface area contributed by atoms with Crippen LogP contribution in [0.1, 0.15) is 47.1 Å². The quantitative estimate of drug-likeness (QED) is 0.327. The van der Waals surface area contributed by atoms with Crippen LogP contribution in [0.15, 0.2) is 97.5 Å². The molecular formula is C31H33BN6. The van der Waals surface area contributed by atoms with Crippen LogP contribution in [0.4, 0.5) is 5.82 Å². The van der Waals surface area contributed by atoms with Gasteiger partial charge in [0.05, 0.1) is 5.69 Å². The lowest BCUT2D eigenvalue weighted by Crippen LogP contribution is -2.37. The number of fused-ring (bicyclic) bond motifs is 1. The predicted octanol–water partition coefficient (Wildman–Crippen LogP) is 4.01. The fraction of sp³-hybridized carbons (Fsp3) is 0.258. The zero-order chi connectivity index (χ0) is 25.7. The summed E-state index contributed by atoms with van der Waals surface area (Å²) in [6, 6.07) is 28.1. The first-order valence-corrected chi connectivity index (χ1v) is 13.5. The van der Waals surface area contributed by atoms with Gasteiger partial charge in [0.2, 0.25) is 0 Å². The Kier molecular flexibility index (Phi) is 7.18. The van der Waals surface area contributed by atoms with E-state index in [-0.39, 0.29) is 0 Å². The first-order valence-electron chi connectivity index (χ1n) is 13.5. The number of anilines is 1. The number of likely N-dealkylation sites (tertiary alicyclic amines) is 1. The lowest BCUT2D eigenvalue weighted by atomic mass is 9.88. The van der Waals surface area contributed by atoms with Gasteiger partial charge in [-0.15, -0.1) is 0 Å². The first kappa shape index (κ1) is 24.4. The van der Waals surface area contributed by atoms with Gasteiger partial charge in [-0.2, -0.15) is 9.61 Å². The molecule has 1 saturated heterocycles. The van der Waals surface area contributed by atoms with Gasteiger partial charge < -0.3 is 10.2 Å². The maximum Gasteiger partial charge on any atom is 0.151 e. The number of benzene rings is 2. The molecule has 2 aromatic carbocycles. The molecule has 1 N–H and O–H groups in total. The standard InChI is InChI=1S/C31H33BN6/c32-28-20-35-38-30(34-19-23-9-7-15-33-18-23)17-29(36-31(28)38)26-14-8-16-37(21-26)22-27(24-10-3-1-4-11-24)25-12-5-2-6-13-25/h1-7,9-13,15,17-18,20,26-27,34H,8,14,16,19,21-22,32H2. The minimum Gasteiger partial charge on any atom is -0.366 e. The van der Waals surface area contributed by atoms with Crippen molar-refractivity contribution in [1.82, 2.24) is 24.5 Å². The lowest BCUT2D eigenvalue weighted by molar-refractivity contribution is 0.201. The summed E-state index contributed by atoms with van der Waals surface area (Å²) in [5, 5.41) is 8.19.